The molecule has 3 fully saturated rings. The number of esters is 1. The molecule has 0 aromatic carbocycles. The van der Waals surface area contributed by atoms with Crippen LogP contribution in [0.4, 0.5) is 4.79 Å². The lowest BCUT2D eigenvalue weighted by atomic mass is 9.89. The second-order valence-electron chi connectivity index (χ2n) is 13.7. The molecular formula is C33H56N4O9. The molecule has 0 unspecified atom stereocenters. The smallest absolute Gasteiger partial charge is 0.408 e. The minimum Gasteiger partial charge on any atom is -0.469 e. The van der Waals surface area contributed by atoms with E-state index in [1.54, 1.807) is 23.8 Å². The number of nitrogens with one attached hydrogen (secondary N) is 1. The van der Waals surface area contributed by atoms with Crippen LogP contribution in [0.1, 0.15) is 79.6 Å². The maximum Gasteiger partial charge on any atom is 0.408 e. The number of ether oxygens (including phenoxy) is 3. The van der Waals surface area contributed by atoms with Crippen molar-refractivity contribution < 1.29 is 43.3 Å². The van der Waals surface area contributed by atoms with Gasteiger partial charge in [-0.15, -0.1) is 0 Å². The molecule has 10 atom stereocenters. The number of likely N-dealkylation sites (N-methyl/N-ethyl adjacent to an activating group) is 1. The summed E-state index contributed by atoms with van der Waals surface area (Å²) < 4.78 is 16.6. The molecule has 2 aliphatic heterocycles. The molecule has 3 aliphatic rings. The molecular weight excluding hydrogens is 596 g/mol. The number of amides is 4. The molecule has 13 heteroatoms. The molecule has 0 spiro atoms. The van der Waals surface area contributed by atoms with E-state index in [2.05, 4.69) is 5.32 Å². The first-order valence-corrected chi connectivity index (χ1v) is 16.7. The Labute approximate surface area is 273 Å². The van der Waals surface area contributed by atoms with Crippen molar-refractivity contribution in [3.05, 3.63) is 0 Å². The largest absolute Gasteiger partial charge is 0.469 e. The fraction of sp³-hybridized carbons (Fsp3) is 0.848. The second kappa shape index (κ2) is 16.3. The quantitative estimate of drug-likeness (QED) is 0.254. The van der Waals surface area contributed by atoms with E-state index in [1.165, 1.54) is 26.2 Å². The third-order valence-corrected chi connectivity index (χ3v) is 10.7. The molecule has 2 heterocycles. The molecule has 2 saturated heterocycles. The van der Waals surface area contributed by atoms with Gasteiger partial charge in [-0.2, -0.15) is 0 Å². The maximum absolute atomic E-state index is 14.2. The van der Waals surface area contributed by atoms with Gasteiger partial charge in [-0.3, -0.25) is 24.1 Å². The lowest BCUT2D eigenvalue weighted by Gasteiger charge is -2.41. The number of nitrogens with zero attached hydrogens (tertiary/aromatic N) is 3. The number of piperidine rings is 1. The first kappa shape index (κ1) is 37.5. The number of carboxylic acid groups (broad SMARTS) is 1. The maximum atomic E-state index is 14.2. The van der Waals surface area contributed by atoms with Crippen LogP contribution in [-0.4, -0.2) is 127 Å². The number of carbonyl (C=O) groups excluding carboxylic acids is 4. The van der Waals surface area contributed by atoms with Gasteiger partial charge in [-0.25, -0.2) is 4.79 Å². The highest BCUT2D eigenvalue weighted by molar-refractivity contribution is 5.92. The van der Waals surface area contributed by atoms with E-state index >= 15 is 0 Å². The van der Waals surface area contributed by atoms with Gasteiger partial charge >= 0.3 is 12.1 Å². The summed E-state index contributed by atoms with van der Waals surface area (Å²) in [4.78, 5) is 70.5. The number of fused-ring (bicyclic) bond motifs is 2. The van der Waals surface area contributed by atoms with Crippen LogP contribution in [0.3, 0.4) is 0 Å². The van der Waals surface area contributed by atoms with E-state index in [0.29, 0.717) is 25.8 Å². The molecule has 1 aliphatic carbocycles. The van der Waals surface area contributed by atoms with Gasteiger partial charge in [-0.05, 0) is 56.8 Å². The summed E-state index contributed by atoms with van der Waals surface area (Å²) in [6.45, 7) is 9.96. The van der Waals surface area contributed by atoms with Gasteiger partial charge < -0.3 is 34.4 Å². The summed E-state index contributed by atoms with van der Waals surface area (Å²) in [6.07, 6.45) is 2.09. The van der Waals surface area contributed by atoms with Crippen molar-refractivity contribution in [2.75, 3.05) is 34.9 Å². The average Bonchev–Trinajstić information content (AvgIpc) is 3.79. The van der Waals surface area contributed by atoms with E-state index in [9.17, 15) is 29.1 Å². The zero-order chi connectivity index (χ0) is 34.5. The minimum absolute atomic E-state index is 0.0140. The molecule has 2 N–H and O–H groups in total. The summed E-state index contributed by atoms with van der Waals surface area (Å²) in [5.74, 6) is -2.26. The predicted molar refractivity (Wildman–Crippen MR) is 170 cm³/mol. The highest BCUT2D eigenvalue weighted by Gasteiger charge is 2.52. The van der Waals surface area contributed by atoms with E-state index in [1.807, 2.05) is 27.7 Å². The van der Waals surface area contributed by atoms with Gasteiger partial charge in [0.15, 0.2) is 0 Å². The fourth-order valence-electron chi connectivity index (χ4n) is 8.05. The van der Waals surface area contributed by atoms with Gasteiger partial charge in [0.25, 0.3) is 0 Å². The molecule has 0 aromatic rings. The van der Waals surface area contributed by atoms with E-state index in [4.69, 9.17) is 14.2 Å². The van der Waals surface area contributed by atoms with Crippen LogP contribution in [0.2, 0.25) is 0 Å². The Hall–Kier alpha value is -2.93. The van der Waals surface area contributed by atoms with Crippen LogP contribution in [0.25, 0.3) is 0 Å². The standard InChI is InChI=1S/C33H56N4O9/c1-10-19(4)27(24(44-7)17-25(38)36-15-11-12-23(36)29(45-8)20(5)32(41)46-9)35(6)31(40)26(18(2)3)34-30(39)28-21-13-14-22(16-21)37(28)33(42)43/h18-24,26-29H,10-17H2,1-9H3,(H,34,39)(H,42,43)/t19-,20+,21-,22+,23-,24+,26-,27-,28-,29+/m0/s1. The highest BCUT2D eigenvalue weighted by atomic mass is 16.5. The van der Waals surface area contributed by atoms with Gasteiger partial charge in [-0.1, -0.05) is 34.1 Å². The highest BCUT2D eigenvalue weighted by Crippen LogP contribution is 2.42. The van der Waals surface area contributed by atoms with E-state index in [-0.39, 0.29) is 48.1 Å². The van der Waals surface area contributed by atoms with Crippen LogP contribution in [0.15, 0.2) is 0 Å². The van der Waals surface area contributed by atoms with Gasteiger partial charge in [0.1, 0.15) is 12.1 Å². The van der Waals surface area contributed by atoms with Crippen LogP contribution in [0.5, 0.6) is 0 Å². The summed E-state index contributed by atoms with van der Waals surface area (Å²) in [5, 5.41) is 12.7. The predicted octanol–water partition coefficient (Wildman–Crippen LogP) is 2.75. The number of hydrogen-bond donors (Lipinski definition) is 2. The van der Waals surface area contributed by atoms with E-state index < -0.39 is 54.2 Å². The monoisotopic (exact) mass is 652 g/mol. The Morgan fingerprint density at radius 2 is 1.67 bits per heavy atom. The first-order chi connectivity index (χ1) is 21.7. The van der Waals surface area contributed by atoms with Crippen molar-refractivity contribution in [3.63, 3.8) is 0 Å². The summed E-state index contributed by atoms with van der Waals surface area (Å²) in [6, 6.07) is -2.66. The Kier molecular flexibility index (Phi) is 13.3. The average molecular weight is 653 g/mol. The molecule has 1 saturated carbocycles. The first-order valence-electron chi connectivity index (χ1n) is 16.7. The summed E-state index contributed by atoms with van der Waals surface area (Å²) in [7, 11) is 6.07. The number of carbonyl (C=O) groups is 5. The second-order valence-corrected chi connectivity index (χ2v) is 13.7. The Bertz CT molecular complexity index is 1100. The molecule has 4 amide bonds. The third kappa shape index (κ3) is 7.78. The normalized spacial score (nSPS) is 26.3. The molecule has 2 bridgehead atoms. The topological polar surface area (TPSA) is 155 Å². The van der Waals surface area contributed by atoms with Crippen molar-refractivity contribution in [2.24, 2.45) is 23.7 Å². The number of likely N-dealkylation sites (tertiary alicyclic amines) is 2. The Morgan fingerprint density at radius 3 is 2.22 bits per heavy atom. The summed E-state index contributed by atoms with van der Waals surface area (Å²) in [5.41, 5.74) is 0. The van der Waals surface area contributed by atoms with Crippen LogP contribution in [0, 0.1) is 23.7 Å². The van der Waals surface area contributed by atoms with Crippen molar-refractivity contribution in [1.82, 2.24) is 20.0 Å². The zero-order valence-corrected chi connectivity index (χ0v) is 29.1. The number of hydrogen-bond acceptors (Lipinski definition) is 8. The minimum atomic E-state index is -1.11. The zero-order valence-electron chi connectivity index (χ0n) is 29.1. The van der Waals surface area contributed by atoms with Crippen molar-refractivity contribution in [2.45, 2.75) is 122 Å². The van der Waals surface area contributed by atoms with Crippen molar-refractivity contribution in [3.8, 4) is 0 Å². The van der Waals surface area contributed by atoms with Crippen LogP contribution >= 0.6 is 0 Å². The number of rotatable bonds is 15. The van der Waals surface area contributed by atoms with Gasteiger partial charge in [0.2, 0.25) is 17.7 Å². The Morgan fingerprint density at radius 1 is 1.00 bits per heavy atom. The van der Waals surface area contributed by atoms with Crippen molar-refractivity contribution in [1.29, 1.82) is 0 Å². The van der Waals surface area contributed by atoms with Crippen molar-refractivity contribution >= 4 is 29.8 Å². The molecule has 262 valence electrons. The molecule has 0 radical (unpaired) electrons. The SMILES string of the molecule is CC[C@H](C)[C@@H]([C@@H](CC(=O)N1CCC[C@H]1[C@H](OC)[C@@H](C)C(=O)OC)OC)N(C)C(=O)[C@@H](NC(=O)[C@@H]1[C@H]2CC[C@H](C2)N1C(=O)O)C(C)C. The molecule has 46 heavy (non-hydrogen) atoms. The third-order valence-electron chi connectivity index (χ3n) is 10.7. The van der Waals surface area contributed by atoms with Gasteiger partial charge in [0.05, 0.1) is 43.7 Å². The fourth-order valence-corrected chi connectivity index (χ4v) is 8.05. The van der Waals surface area contributed by atoms with Gasteiger partial charge in [0, 0.05) is 33.9 Å². The van der Waals surface area contributed by atoms with Crippen LogP contribution < -0.4 is 5.32 Å². The molecule has 13 nitrogen and oxygen atoms in total. The Balaban J connectivity index is 1.79. The lowest BCUT2D eigenvalue weighted by molar-refractivity contribution is -0.154. The number of methoxy groups -OCH3 is 3. The van der Waals surface area contributed by atoms with E-state index in [0.717, 1.165) is 19.3 Å². The van der Waals surface area contributed by atoms with Crippen LogP contribution in [-0.2, 0) is 33.4 Å². The molecule has 0 aromatic heterocycles. The summed E-state index contributed by atoms with van der Waals surface area (Å²) >= 11 is 0. The lowest BCUT2D eigenvalue weighted by Crippen LogP contribution is -2.60. The molecule has 3 rings (SSSR count).